The van der Waals surface area contributed by atoms with Gasteiger partial charge in [0.1, 0.15) is 0 Å². The summed E-state index contributed by atoms with van der Waals surface area (Å²) >= 11 is 0. The Bertz CT molecular complexity index is 578. The van der Waals surface area contributed by atoms with E-state index < -0.39 is 6.10 Å². The van der Waals surface area contributed by atoms with E-state index in [0.29, 0.717) is 6.42 Å². The number of hydrogen-bond acceptors (Lipinski definition) is 3. The van der Waals surface area contributed by atoms with Crippen molar-refractivity contribution >= 4 is 24.0 Å². The molecule has 2 unspecified atom stereocenters. The van der Waals surface area contributed by atoms with Gasteiger partial charge in [-0.15, -0.1) is 12.4 Å². The zero-order valence-electron chi connectivity index (χ0n) is 13.1. The van der Waals surface area contributed by atoms with Crippen molar-refractivity contribution in [2.75, 3.05) is 11.9 Å². The molecule has 2 rings (SSSR count). The zero-order chi connectivity index (χ0) is 15.8. The maximum Gasteiger partial charge on any atom is 0.239 e. The number of nitrogens with one attached hydrogen (secondary N) is 2. The Morgan fingerprint density at radius 3 is 2.22 bits per heavy atom. The summed E-state index contributed by atoms with van der Waals surface area (Å²) in [5, 5.41) is 16.1. The molecule has 0 aliphatic heterocycles. The Morgan fingerprint density at radius 2 is 1.61 bits per heavy atom. The molecule has 4 nitrogen and oxygen atoms in total. The lowest BCUT2D eigenvalue weighted by Gasteiger charge is -2.18. The van der Waals surface area contributed by atoms with Crippen molar-refractivity contribution in [3.8, 4) is 0 Å². The maximum absolute atomic E-state index is 11.9. The minimum Gasteiger partial charge on any atom is -0.388 e. The minimum atomic E-state index is -0.571. The molecule has 124 valence electrons. The van der Waals surface area contributed by atoms with E-state index in [0.717, 1.165) is 11.3 Å². The first-order chi connectivity index (χ1) is 10.6. The normalized spacial score (nSPS) is 12.6. The summed E-state index contributed by atoms with van der Waals surface area (Å²) in [6.07, 6.45) is -0.0836. The largest absolute Gasteiger partial charge is 0.388 e. The highest BCUT2D eigenvalue weighted by Gasteiger charge is 2.14. The Balaban J connectivity index is 0.00000264. The molecule has 0 heterocycles. The van der Waals surface area contributed by atoms with Crippen LogP contribution in [0.5, 0.6) is 0 Å². The SMILES string of the molecule is CC(CC(O)c1ccccc1)NC(=O)CNc1ccccc1.Cl. The first-order valence-electron chi connectivity index (χ1n) is 7.46. The van der Waals surface area contributed by atoms with E-state index >= 15 is 0 Å². The van der Waals surface area contributed by atoms with E-state index in [2.05, 4.69) is 10.6 Å². The van der Waals surface area contributed by atoms with Gasteiger partial charge >= 0.3 is 0 Å². The molecule has 0 bridgehead atoms. The van der Waals surface area contributed by atoms with Crippen molar-refractivity contribution in [3.63, 3.8) is 0 Å². The van der Waals surface area contributed by atoms with Crippen LogP contribution in [0.2, 0.25) is 0 Å². The van der Waals surface area contributed by atoms with E-state index in [1.807, 2.05) is 67.6 Å². The van der Waals surface area contributed by atoms with Crippen LogP contribution >= 0.6 is 12.4 Å². The van der Waals surface area contributed by atoms with Gasteiger partial charge in [0.2, 0.25) is 5.91 Å². The van der Waals surface area contributed by atoms with Crippen LogP contribution in [0.15, 0.2) is 60.7 Å². The molecular formula is C18H23ClN2O2. The summed E-state index contributed by atoms with van der Waals surface area (Å²) in [7, 11) is 0. The Hall–Kier alpha value is -2.04. The third-order valence-corrected chi connectivity index (χ3v) is 3.40. The van der Waals surface area contributed by atoms with Gasteiger partial charge in [-0.05, 0) is 31.0 Å². The molecule has 0 aliphatic carbocycles. The topological polar surface area (TPSA) is 61.4 Å². The number of aliphatic hydroxyl groups excluding tert-OH is 1. The summed E-state index contributed by atoms with van der Waals surface area (Å²) in [6.45, 7) is 2.11. The van der Waals surface area contributed by atoms with Crippen LogP contribution in [0.4, 0.5) is 5.69 Å². The van der Waals surface area contributed by atoms with Gasteiger partial charge in [0.25, 0.3) is 0 Å². The first-order valence-corrected chi connectivity index (χ1v) is 7.46. The summed E-state index contributed by atoms with van der Waals surface area (Å²) in [6, 6.07) is 19.0. The fraction of sp³-hybridized carbons (Fsp3) is 0.278. The van der Waals surface area contributed by atoms with Gasteiger partial charge in [-0.3, -0.25) is 4.79 Å². The highest BCUT2D eigenvalue weighted by Crippen LogP contribution is 2.17. The smallest absolute Gasteiger partial charge is 0.239 e. The van der Waals surface area contributed by atoms with E-state index in [1.165, 1.54) is 0 Å². The minimum absolute atomic E-state index is 0. The number of carbonyl (C=O) groups excluding carboxylic acids is 1. The number of para-hydroxylation sites is 1. The number of amides is 1. The highest BCUT2D eigenvalue weighted by atomic mass is 35.5. The fourth-order valence-electron chi connectivity index (χ4n) is 2.27. The Labute approximate surface area is 143 Å². The number of hydrogen-bond donors (Lipinski definition) is 3. The molecule has 0 spiro atoms. The number of halogens is 1. The molecule has 0 aliphatic rings. The van der Waals surface area contributed by atoms with Crippen LogP contribution in [0.25, 0.3) is 0 Å². The lowest BCUT2D eigenvalue weighted by atomic mass is 10.0. The van der Waals surface area contributed by atoms with Crippen LogP contribution in [0.3, 0.4) is 0 Å². The quantitative estimate of drug-likeness (QED) is 0.729. The van der Waals surface area contributed by atoms with Gasteiger partial charge in [0, 0.05) is 11.7 Å². The lowest BCUT2D eigenvalue weighted by Crippen LogP contribution is -2.37. The molecule has 3 N–H and O–H groups in total. The van der Waals surface area contributed by atoms with Crippen LogP contribution in [0.1, 0.15) is 25.0 Å². The third kappa shape index (κ3) is 6.72. The zero-order valence-corrected chi connectivity index (χ0v) is 13.9. The Morgan fingerprint density at radius 1 is 1.04 bits per heavy atom. The molecule has 0 saturated heterocycles. The van der Waals surface area contributed by atoms with Crippen LogP contribution in [-0.4, -0.2) is 23.6 Å². The van der Waals surface area contributed by atoms with Crippen molar-refractivity contribution < 1.29 is 9.90 Å². The van der Waals surface area contributed by atoms with Crippen molar-refractivity contribution in [2.45, 2.75) is 25.5 Å². The van der Waals surface area contributed by atoms with E-state index in [-0.39, 0.29) is 30.9 Å². The highest BCUT2D eigenvalue weighted by molar-refractivity contribution is 5.85. The van der Waals surface area contributed by atoms with Crippen molar-refractivity contribution in [1.29, 1.82) is 0 Å². The third-order valence-electron chi connectivity index (χ3n) is 3.40. The van der Waals surface area contributed by atoms with Gasteiger partial charge in [-0.1, -0.05) is 48.5 Å². The molecule has 0 radical (unpaired) electrons. The van der Waals surface area contributed by atoms with Crippen molar-refractivity contribution in [1.82, 2.24) is 5.32 Å². The molecule has 2 atom stereocenters. The standard InChI is InChI=1S/C18H22N2O2.ClH/c1-14(12-17(21)15-8-4-2-5-9-15)20-18(22)13-19-16-10-6-3-7-11-16;/h2-11,14,17,19,21H,12-13H2,1H3,(H,20,22);1H. The number of benzene rings is 2. The van der Waals surface area contributed by atoms with E-state index in [9.17, 15) is 9.90 Å². The molecule has 0 saturated carbocycles. The number of carbonyl (C=O) groups is 1. The van der Waals surface area contributed by atoms with Gasteiger partial charge in [0.05, 0.1) is 12.6 Å². The predicted molar refractivity (Wildman–Crippen MR) is 95.8 cm³/mol. The molecule has 0 fully saturated rings. The molecular weight excluding hydrogens is 312 g/mol. The molecule has 0 aromatic heterocycles. The summed E-state index contributed by atoms with van der Waals surface area (Å²) < 4.78 is 0. The Kier molecular flexibility index (Phi) is 8.16. The summed E-state index contributed by atoms with van der Waals surface area (Å²) in [5.41, 5.74) is 1.78. The predicted octanol–water partition coefficient (Wildman–Crippen LogP) is 3.15. The average molecular weight is 335 g/mol. The second-order valence-corrected chi connectivity index (χ2v) is 5.35. The molecule has 23 heavy (non-hydrogen) atoms. The molecule has 1 amide bonds. The van der Waals surface area contributed by atoms with Crippen LogP contribution < -0.4 is 10.6 Å². The summed E-state index contributed by atoms with van der Waals surface area (Å²) in [5.74, 6) is -0.0865. The lowest BCUT2D eigenvalue weighted by molar-refractivity contribution is -0.120. The molecule has 2 aromatic rings. The van der Waals surface area contributed by atoms with Crippen molar-refractivity contribution in [2.24, 2.45) is 0 Å². The summed E-state index contributed by atoms with van der Waals surface area (Å²) in [4.78, 5) is 11.9. The van der Waals surface area contributed by atoms with Crippen LogP contribution in [0, 0.1) is 0 Å². The number of anilines is 1. The average Bonchev–Trinajstić information content (AvgIpc) is 2.54. The monoisotopic (exact) mass is 334 g/mol. The second-order valence-electron chi connectivity index (χ2n) is 5.35. The van der Waals surface area contributed by atoms with Gasteiger partial charge < -0.3 is 15.7 Å². The number of rotatable bonds is 7. The van der Waals surface area contributed by atoms with Gasteiger partial charge in [-0.2, -0.15) is 0 Å². The van der Waals surface area contributed by atoms with E-state index in [4.69, 9.17) is 0 Å². The second kappa shape index (κ2) is 9.87. The first kappa shape index (κ1) is 19.0. The maximum atomic E-state index is 11.9. The van der Waals surface area contributed by atoms with Gasteiger partial charge in [0.15, 0.2) is 0 Å². The van der Waals surface area contributed by atoms with Crippen LogP contribution in [-0.2, 0) is 4.79 Å². The van der Waals surface area contributed by atoms with Crippen molar-refractivity contribution in [3.05, 3.63) is 66.2 Å². The number of aliphatic hydroxyl groups is 1. The van der Waals surface area contributed by atoms with Gasteiger partial charge in [-0.25, -0.2) is 0 Å². The molecule has 2 aromatic carbocycles. The fourth-order valence-corrected chi connectivity index (χ4v) is 2.27. The molecule has 5 heteroatoms. The van der Waals surface area contributed by atoms with E-state index in [1.54, 1.807) is 0 Å².